The second-order valence-electron chi connectivity index (χ2n) is 4.87. The third-order valence-electron chi connectivity index (χ3n) is 3.02. The number of aromatic nitrogens is 2. The first-order valence-corrected chi connectivity index (χ1v) is 9.00. The highest BCUT2D eigenvalue weighted by Crippen LogP contribution is 2.43. The number of nitrogens with two attached hydrogens (primary N) is 1. The molecule has 2 heterocycles. The van der Waals surface area contributed by atoms with E-state index in [1.54, 1.807) is 13.1 Å². The average molecular weight is 317 g/mol. The first-order valence-electron chi connectivity index (χ1n) is 6.74. The number of ether oxygens (including phenoxy) is 2. The molecule has 118 valence electrons. The Balaban J connectivity index is 1.92. The van der Waals surface area contributed by atoms with Crippen molar-refractivity contribution in [3.05, 3.63) is 22.7 Å². The van der Waals surface area contributed by atoms with Crippen molar-refractivity contribution in [3.63, 3.8) is 0 Å². The van der Waals surface area contributed by atoms with Crippen molar-refractivity contribution < 1.29 is 18.6 Å². The van der Waals surface area contributed by atoms with E-state index in [9.17, 15) is 9.36 Å². The molecule has 3 unspecified atom stereocenters. The summed E-state index contributed by atoms with van der Waals surface area (Å²) < 4.78 is 29.5. The van der Waals surface area contributed by atoms with Crippen LogP contribution in [0.2, 0.25) is 0 Å². The molecule has 1 aliphatic heterocycles. The second kappa shape index (κ2) is 6.70. The number of hydrogen-bond acceptors (Lipinski definition) is 7. The molecular weight excluding hydrogens is 297 g/mol. The topological polar surface area (TPSA) is 106 Å². The van der Waals surface area contributed by atoms with Crippen molar-refractivity contribution in [1.29, 1.82) is 0 Å². The number of nitrogen functional groups attached to an aromatic ring is 1. The summed E-state index contributed by atoms with van der Waals surface area (Å²) in [4.78, 5) is 15.4. The summed E-state index contributed by atoms with van der Waals surface area (Å²) in [6.45, 7) is 3.67. The molecule has 2 rings (SSSR count). The van der Waals surface area contributed by atoms with Crippen LogP contribution in [-0.2, 0) is 18.6 Å². The lowest BCUT2D eigenvalue weighted by Crippen LogP contribution is -2.27. The highest BCUT2D eigenvalue weighted by Gasteiger charge is 2.29. The standard InChI is InChI=1S/C12H20N3O5P/c1-3-19-21(2,17)8-18-11-5-4-10(20-11)15-7-6-9(13)14-12(15)16/h6-7,10-11H,3-5,8H2,1-2H3,(H2,13,14,16). The molecule has 0 aliphatic carbocycles. The van der Waals surface area contributed by atoms with E-state index in [-0.39, 0.29) is 12.2 Å². The Morgan fingerprint density at radius 1 is 1.57 bits per heavy atom. The Morgan fingerprint density at radius 3 is 3.00 bits per heavy atom. The molecule has 0 radical (unpaired) electrons. The summed E-state index contributed by atoms with van der Waals surface area (Å²) in [5, 5.41) is 0. The van der Waals surface area contributed by atoms with Gasteiger partial charge in [-0.1, -0.05) is 0 Å². The lowest BCUT2D eigenvalue weighted by Gasteiger charge is -2.18. The molecule has 1 aliphatic rings. The number of hydrogen-bond donors (Lipinski definition) is 1. The van der Waals surface area contributed by atoms with Gasteiger partial charge in [0.1, 0.15) is 18.4 Å². The van der Waals surface area contributed by atoms with Crippen LogP contribution < -0.4 is 11.4 Å². The maximum absolute atomic E-state index is 11.9. The maximum Gasteiger partial charge on any atom is 0.351 e. The van der Waals surface area contributed by atoms with Crippen LogP contribution in [0.5, 0.6) is 0 Å². The first kappa shape index (κ1) is 16.2. The Labute approximate surface area is 122 Å². The predicted molar refractivity (Wildman–Crippen MR) is 77.2 cm³/mol. The van der Waals surface area contributed by atoms with Crippen LogP contribution in [0.15, 0.2) is 17.1 Å². The van der Waals surface area contributed by atoms with Gasteiger partial charge < -0.3 is 19.7 Å². The van der Waals surface area contributed by atoms with Gasteiger partial charge in [0, 0.05) is 19.3 Å². The lowest BCUT2D eigenvalue weighted by molar-refractivity contribution is -0.141. The van der Waals surface area contributed by atoms with E-state index in [4.69, 9.17) is 19.7 Å². The summed E-state index contributed by atoms with van der Waals surface area (Å²) in [7, 11) is -2.75. The van der Waals surface area contributed by atoms with Crippen LogP contribution in [0.3, 0.4) is 0 Å². The minimum absolute atomic E-state index is 0.00683. The van der Waals surface area contributed by atoms with E-state index in [1.807, 2.05) is 0 Å². The Hall–Kier alpha value is -1.21. The van der Waals surface area contributed by atoms with E-state index in [0.29, 0.717) is 19.4 Å². The van der Waals surface area contributed by atoms with Gasteiger partial charge in [-0.15, -0.1) is 0 Å². The smallest absolute Gasteiger partial charge is 0.351 e. The molecule has 0 spiro atoms. The zero-order valence-corrected chi connectivity index (χ0v) is 13.0. The minimum atomic E-state index is -2.75. The molecule has 1 saturated heterocycles. The fourth-order valence-electron chi connectivity index (χ4n) is 2.09. The van der Waals surface area contributed by atoms with Crippen LogP contribution >= 0.6 is 7.37 Å². The Bertz CT molecular complexity index is 591. The Kier molecular flexibility index (Phi) is 5.16. The van der Waals surface area contributed by atoms with Gasteiger partial charge in [-0.05, 0) is 19.4 Å². The van der Waals surface area contributed by atoms with Crippen molar-refractivity contribution >= 4 is 13.2 Å². The molecule has 1 aromatic rings. The maximum atomic E-state index is 11.9. The van der Waals surface area contributed by atoms with Crippen molar-refractivity contribution in [2.45, 2.75) is 32.3 Å². The van der Waals surface area contributed by atoms with Gasteiger partial charge >= 0.3 is 5.69 Å². The molecule has 0 bridgehead atoms. The number of rotatable bonds is 6. The SMILES string of the molecule is CCOP(C)(=O)COC1CCC(n2ccc(N)nc2=O)O1. The van der Waals surface area contributed by atoms with Gasteiger partial charge in [0.15, 0.2) is 6.29 Å². The minimum Gasteiger partial charge on any atom is -0.383 e. The zero-order chi connectivity index (χ0) is 15.5. The van der Waals surface area contributed by atoms with Crippen molar-refractivity contribution in [2.75, 3.05) is 25.4 Å². The second-order valence-corrected chi connectivity index (χ2v) is 7.41. The van der Waals surface area contributed by atoms with Crippen molar-refractivity contribution in [3.8, 4) is 0 Å². The first-order chi connectivity index (χ1) is 9.91. The van der Waals surface area contributed by atoms with Crippen molar-refractivity contribution in [1.82, 2.24) is 9.55 Å². The number of nitrogens with zero attached hydrogens (tertiary/aromatic N) is 2. The summed E-state index contributed by atoms with van der Waals surface area (Å²) in [6.07, 6.45) is 1.80. The van der Waals surface area contributed by atoms with Gasteiger partial charge in [-0.3, -0.25) is 9.13 Å². The third kappa shape index (κ3) is 4.38. The summed E-state index contributed by atoms with van der Waals surface area (Å²) in [5.41, 5.74) is 4.98. The molecule has 8 nitrogen and oxygen atoms in total. The molecule has 21 heavy (non-hydrogen) atoms. The average Bonchev–Trinajstić information content (AvgIpc) is 2.85. The largest absolute Gasteiger partial charge is 0.383 e. The lowest BCUT2D eigenvalue weighted by atomic mass is 10.3. The van der Waals surface area contributed by atoms with Crippen LogP contribution in [0.1, 0.15) is 26.0 Å². The quantitative estimate of drug-likeness (QED) is 0.790. The Morgan fingerprint density at radius 2 is 2.33 bits per heavy atom. The van der Waals surface area contributed by atoms with Gasteiger partial charge in [0.05, 0.1) is 6.61 Å². The van der Waals surface area contributed by atoms with Crippen LogP contribution in [0.4, 0.5) is 5.82 Å². The summed E-state index contributed by atoms with van der Waals surface area (Å²) in [6, 6.07) is 1.54. The highest BCUT2D eigenvalue weighted by atomic mass is 31.2. The monoisotopic (exact) mass is 317 g/mol. The predicted octanol–water partition coefficient (Wildman–Crippen LogP) is 1.38. The molecule has 1 aromatic heterocycles. The van der Waals surface area contributed by atoms with Gasteiger partial charge in [0.25, 0.3) is 0 Å². The van der Waals surface area contributed by atoms with E-state index in [1.165, 1.54) is 17.3 Å². The van der Waals surface area contributed by atoms with Gasteiger partial charge in [0.2, 0.25) is 7.37 Å². The van der Waals surface area contributed by atoms with Gasteiger partial charge in [-0.25, -0.2) is 4.79 Å². The third-order valence-corrected chi connectivity index (χ3v) is 4.44. The van der Waals surface area contributed by atoms with E-state index >= 15 is 0 Å². The fraction of sp³-hybridized carbons (Fsp3) is 0.667. The zero-order valence-electron chi connectivity index (χ0n) is 12.1. The van der Waals surface area contributed by atoms with Crippen molar-refractivity contribution in [2.24, 2.45) is 0 Å². The molecule has 3 atom stereocenters. The van der Waals surface area contributed by atoms with Crippen LogP contribution in [0.25, 0.3) is 0 Å². The number of anilines is 1. The summed E-state index contributed by atoms with van der Waals surface area (Å²) in [5.74, 6) is 0.172. The van der Waals surface area contributed by atoms with E-state index in [0.717, 1.165) is 0 Å². The molecular formula is C12H20N3O5P. The van der Waals surface area contributed by atoms with E-state index < -0.39 is 25.6 Å². The molecule has 2 N–H and O–H groups in total. The molecule has 0 amide bonds. The summed E-state index contributed by atoms with van der Waals surface area (Å²) >= 11 is 0. The van der Waals surface area contributed by atoms with Crippen LogP contribution in [0, 0.1) is 0 Å². The van der Waals surface area contributed by atoms with E-state index in [2.05, 4.69) is 4.98 Å². The highest BCUT2D eigenvalue weighted by molar-refractivity contribution is 7.57. The normalized spacial score (nSPS) is 24.9. The molecule has 1 fully saturated rings. The van der Waals surface area contributed by atoms with Gasteiger partial charge in [-0.2, -0.15) is 4.98 Å². The molecule has 9 heteroatoms. The van der Waals surface area contributed by atoms with Crippen LogP contribution in [-0.4, -0.2) is 35.5 Å². The fourth-order valence-corrected chi connectivity index (χ4v) is 3.15. The molecule has 0 aromatic carbocycles. The molecule has 0 saturated carbocycles.